The number of amides is 2. The molecule has 0 saturated heterocycles. The quantitative estimate of drug-likeness (QED) is 0.622. The van der Waals surface area contributed by atoms with Gasteiger partial charge in [0.05, 0.1) is 19.9 Å². The first-order valence-electron chi connectivity index (χ1n) is 7.08. The lowest BCUT2D eigenvalue weighted by molar-refractivity contribution is -0.120. The van der Waals surface area contributed by atoms with Gasteiger partial charge < -0.3 is 10.1 Å². The number of carbonyl (C=O) groups is 2. The molecule has 0 heterocycles. The third-order valence-corrected chi connectivity index (χ3v) is 3.23. The van der Waals surface area contributed by atoms with Crippen molar-refractivity contribution in [2.75, 3.05) is 13.7 Å². The molecule has 0 unspecified atom stereocenters. The van der Waals surface area contributed by atoms with Crippen LogP contribution in [0.25, 0.3) is 0 Å². The van der Waals surface area contributed by atoms with E-state index in [0.29, 0.717) is 16.3 Å². The largest absolute Gasteiger partial charge is 0.497 e. The Balaban J connectivity index is 1.81. The highest BCUT2D eigenvalue weighted by atomic mass is 35.5. The highest BCUT2D eigenvalue weighted by Gasteiger charge is 2.08. The Morgan fingerprint density at radius 3 is 2.75 bits per heavy atom. The average molecular weight is 346 g/mol. The molecule has 2 amide bonds. The van der Waals surface area contributed by atoms with Crippen LogP contribution in [-0.2, 0) is 4.79 Å². The molecule has 2 aromatic carbocycles. The van der Waals surface area contributed by atoms with Crippen molar-refractivity contribution in [2.24, 2.45) is 5.10 Å². The first kappa shape index (κ1) is 17.5. The molecule has 0 aliphatic heterocycles. The van der Waals surface area contributed by atoms with E-state index in [-0.39, 0.29) is 12.5 Å². The third-order valence-electron chi connectivity index (χ3n) is 2.99. The van der Waals surface area contributed by atoms with E-state index in [1.54, 1.807) is 48.5 Å². The van der Waals surface area contributed by atoms with Crippen molar-refractivity contribution in [3.8, 4) is 5.75 Å². The molecule has 0 atom stereocenters. The van der Waals surface area contributed by atoms with E-state index in [9.17, 15) is 9.59 Å². The molecule has 24 heavy (non-hydrogen) atoms. The van der Waals surface area contributed by atoms with Crippen LogP contribution in [0, 0.1) is 0 Å². The number of nitrogens with one attached hydrogen (secondary N) is 2. The van der Waals surface area contributed by atoms with Gasteiger partial charge in [0.1, 0.15) is 5.75 Å². The Labute approximate surface area is 144 Å². The van der Waals surface area contributed by atoms with Crippen LogP contribution in [0.15, 0.2) is 53.6 Å². The van der Waals surface area contributed by atoms with E-state index in [2.05, 4.69) is 15.8 Å². The molecule has 0 aliphatic carbocycles. The van der Waals surface area contributed by atoms with Crippen molar-refractivity contribution in [3.63, 3.8) is 0 Å². The van der Waals surface area contributed by atoms with Crippen LogP contribution in [0.4, 0.5) is 0 Å². The van der Waals surface area contributed by atoms with Crippen molar-refractivity contribution >= 4 is 29.6 Å². The van der Waals surface area contributed by atoms with Crippen LogP contribution in [0.3, 0.4) is 0 Å². The summed E-state index contributed by atoms with van der Waals surface area (Å²) < 4.78 is 5.05. The molecule has 2 aromatic rings. The van der Waals surface area contributed by atoms with Gasteiger partial charge in [-0.2, -0.15) is 5.10 Å². The first-order chi connectivity index (χ1) is 11.6. The second kappa shape index (κ2) is 8.69. The number of nitrogens with zero attached hydrogens (tertiary/aromatic N) is 1. The summed E-state index contributed by atoms with van der Waals surface area (Å²) in [4.78, 5) is 23.6. The van der Waals surface area contributed by atoms with Crippen LogP contribution >= 0.6 is 11.6 Å². The fourth-order valence-corrected chi connectivity index (χ4v) is 2.03. The number of methoxy groups -OCH3 is 1. The smallest absolute Gasteiger partial charge is 0.259 e. The van der Waals surface area contributed by atoms with Crippen LogP contribution in [0.5, 0.6) is 5.75 Å². The van der Waals surface area contributed by atoms with Gasteiger partial charge in [-0.15, -0.1) is 0 Å². The van der Waals surface area contributed by atoms with Crippen molar-refractivity contribution in [1.82, 2.24) is 10.7 Å². The molecule has 0 aromatic heterocycles. The van der Waals surface area contributed by atoms with Gasteiger partial charge in [0.15, 0.2) is 0 Å². The van der Waals surface area contributed by atoms with Gasteiger partial charge in [0.25, 0.3) is 11.8 Å². The van der Waals surface area contributed by atoms with E-state index in [1.807, 2.05) is 0 Å². The normalized spacial score (nSPS) is 10.4. The molecule has 0 saturated carbocycles. The van der Waals surface area contributed by atoms with Crippen molar-refractivity contribution in [3.05, 3.63) is 64.7 Å². The molecule has 0 radical (unpaired) electrons. The lowest BCUT2D eigenvalue weighted by Gasteiger charge is -2.05. The molecule has 0 bridgehead atoms. The van der Waals surface area contributed by atoms with E-state index in [0.717, 1.165) is 5.56 Å². The first-order valence-corrected chi connectivity index (χ1v) is 7.46. The highest BCUT2D eigenvalue weighted by molar-refractivity contribution is 6.30. The predicted octanol–water partition coefficient (Wildman–Crippen LogP) is 2.23. The number of hydrogen-bond acceptors (Lipinski definition) is 4. The summed E-state index contributed by atoms with van der Waals surface area (Å²) in [5, 5.41) is 6.89. The van der Waals surface area contributed by atoms with Gasteiger partial charge in [-0.05, 0) is 35.9 Å². The molecular weight excluding hydrogens is 330 g/mol. The number of rotatable bonds is 6. The Kier molecular flexibility index (Phi) is 6.33. The Morgan fingerprint density at radius 2 is 2.00 bits per heavy atom. The van der Waals surface area contributed by atoms with Crippen LogP contribution in [0.1, 0.15) is 15.9 Å². The zero-order valence-electron chi connectivity index (χ0n) is 13.0. The molecule has 6 nitrogen and oxygen atoms in total. The van der Waals surface area contributed by atoms with Gasteiger partial charge in [0, 0.05) is 10.6 Å². The number of hydrogen-bond donors (Lipinski definition) is 2. The van der Waals surface area contributed by atoms with Crippen molar-refractivity contribution in [2.45, 2.75) is 0 Å². The number of ether oxygens (including phenoxy) is 1. The van der Waals surface area contributed by atoms with Crippen LogP contribution in [0.2, 0.25) is 5.02 Å². The standard InChI is InChI=1S/C17H16ClN3O3/c1-24-15-7-3-5-13(9-15)17(23)19-11-16(22)21-20-10-12-4-2-6-14(18)8-12/h2-10H,11H2,1H3,(H,19,23)(H,21,22)/b20-10+. The monoisotopic (exact) mass is 345 g/mol. The van der Waals surface area contributed by atoms with Crippen molar-refractivity contribution in [1.29, 1.82) is 0 Å². The van der Waals surface area contributed by atoms with Gasteiger partial charge in [-0.3, -0.25) is 9.59 Å². The molecule has 2 rings (SSSR count). The van der Waals surface area contributed by atoms with Crippen LogP contribution in [-0.4, -0.2) is 31.7 Å². The van der Waals surface area contributed by atoms with E-state index in [1.165, 1.54) is 13.3 Å². The number of hydrazone groups is 1. The second-order valence-corrected chi connectivity index (χ2v) is 5.20. The van der Waals surface area contributed by atoms with Crippen molar-refractivity contribution < 1.29 is 14.3 Å². The summed E-state index contributed by atoms with van der Waals surface area (Å²) in [6.07, 6.45) is 1.47. The topological polar surface area (TPSA) is 79.8 Å². The maximum absolute atomic E-state index is 12.0. The number of carbonyl (C=O) groups excluding carboxylic acids is 2. The molecule has 0 fully saturated rings. The van der Waals surface area contributed by atoms with Crippen LogP contribution < -0.4 is 15.5 Å². The molecule has 2 N–H and O–H groups in total. The maximum Gasteiger partial charge on any atom is 0.259 e. The lowest BCUT2D eigenvalue weighted by Crippen LogP contribution is -2.34. The number of halogens is 1. The summed E-state index contributed by atoms with van der Waals surface area (Å²) in [5.74, 6) is -0.245. The summed E-state index contributed by atoms with van der Waals surface area (Å²) in [6.45, 7) is -0.192. The highest BCUT2D eigenvalue weighted by Crippen LogP contribution is 2.12. The Bertz CT molecular complexity index is 762. The maximum atomic E-state index is 12.0. The molecular formula is C17H16ClN3O3. The summed E-state index contributed by atoms with van der Waals surface area (Å²) >= 11 is 5.85. The number of benzene rings is 2. The minimum absolute atomic E-state index is 0.192. The molecule has 0 aliphatic rings. The summed E-state index contributed by atoms with van der Waals surface area (Å²) in [6, 6.07) is 13.7. The minimum Gasteiger partial charge on any atom is -0.497 e. The Morgan fingerprint density at radius 1 is 1.21 bits per heavy atom. The second-order valence-electron chi connectivity index (χ2n) is 4.76. The zero-order valence-corrected chi connectivity index (χ0v) is 13.7. The van der Waals surface area contributed by atoms with Gasteiger partial charge in [0.2, 0.25) is 0 Å². The van der Waals surface area contributed by atoms with Gasteiger partial charge in [-0.25, -0.2) is 5.43 Å². The molecule has 124 valence electrons. The molecule has 0 spiro atoms. The fourth-order valence-electron chi connectivity index (χ4n) is 1.83. The third kappa shape index (κ3) is 5.40. The molecule has 7 heteroatoms. The van der Waals surface area contributed by atoms with Gasteiger partial charge >= 0.3 is 0 Å². The average Bonchev–Trinajstić information content (AvgIpc) is 2.60. The predicted molar refractivity (Wildman–Crippen MR) is 92.5 cm³/mol. The fraction of sp³-hybridized carbons (Fsp3) is 0.118. The van der Waals surface area contributed by atoms with Gasteiger partial charge in [-0.1, -0.05) is 29.8 Å². The summed E-state index contributed by atoms with van der Waals surface area (Å²) in [5.41, 5.74) is 3.49. The lowest BCUT2D eigenvalue weighted by atomic mass is 10.2. The SMILES string of the molecule is COc1cccc(C(=O)NCC(=O)N/N=C/c2cccc(Cl)c2)c1. The minimum atomic E-state index is -0.440. The van der Waals surface area contributed by atoms with E-state index < -0.39 is 5.91 Å². The van der Waals surface area contributed by atoms with E-state index in [4.69, 9.17) is 16.3 Å². The van der Waals surface area contributed by atoms with E-state index >= 15 is 0 Å². The zero-order chi connectivity index (χ0) is 17.4. The summed E-state index contributed by atoms with van der Waals surface area (Å²) in [7, 11) is 1.52. The Hall–Kier alpha value is -2.86.